The molecule has 0 unspecified atom stereocenters. The van der Waals surface area contributed by atoms with Crippen molar-refractivity contribution in [2.45, 2.75) is 90.9 Å². The number of hydrogen-bond acceptors (Lipinski definition) is 7. The van der Waals surface area contributed by atoms with E-state index in [1.165, 1.54) is 4.90 Å². The summed E-state index contributed by atoms with van der Waals surface area (Å²) in [5, 5.41) is 22.9. The van der Waals surface area contributed by atoms with Gasteiger partial charge in [-0.25, -0.2) is 4.79 Å². The number of carbonyl (C=O) groups excluding carboxylic acids is 6. The third-order valence-corrected chi connectivity index (χ3v) is 8.64. The van der Waals surface area contributed by atoms with Crippen LogP contribution in [0.2, 0.25) is 0 Å². The maximum Gasteiger partial charge on any atom is 0.323 e. The van der Waals surface area contributed by atoms with Gasteiger partial charge in [0.1, 0.15) is 18.1 Å². The Labute approximate surface area is 304 Å². The van der Waals surface area contributed by atoms with Gasteiger partial charge in [0.2, 0.25) is 23.6 Å². The number of aryl methyl sites for hydroxylation is 1. The van der Waals surface area contributed by atoms with Gasteiger partial charge in [0, 0.05) is 17.9 Å². The Morgan fingerprint density at radius 2 is 1.54 bits per heavy atom. The molecule has 4 atom stereocenters. The number of para-hydroxylation sites is 1. The number of urea groups is 1. The molecule has 0 saturated carbocycles. The number of benzene rings is 2. The first-order valence-electron chi connectivity index (χ1n) is 17.4. The van der Waals surface area contributed by atoms with Gasteiger partial charge in [-0.05, 0) is 73.4 Å². The lowest BCUT2D eigenvalue weighted by atomic mass is 10.00. The lowest BCUT2D eigenvalue weighted by Gasteiger charge is -2.31. The Morgan fingerprint density at radius 3 is 2.13 bits per heavy atom. The number of rotatable bonds is 17. The fourth-order valence-corrected chi connectivity index (χ4v) is 5.90. The first-order chi connectivity index (χ1) is 24.6. The molecule has 1 aliphatic heterocycles. The van der Waals surface area contributed by atoms with Gasteiger partial charge in [0.05, 0.1) is 18.9 Å². The molecule has 14 nitrogen and oxygen atoms in total. The number of amides is 6. The van der Waals surface area contributed by atoms with Crippen molar-refractivity contribution < 1.29 is 38.7 Å². The van der Waals surface area contributed by atoms with Crippen molar-refractivity contribution in [3.63, 3.8) is 0 Å². The van der Waals surface area contributed by atoms with Crippen LogP contribution in [0, 0.1) is 18.8 Å². The van der Waals surface area contributed by atoms with Crippen LogP contribution in [0.1, 0.15) is 64.5 Å². The number of nitrogens with zero attached hydrogens (tertiary/aromatic N) is 1. The molecule has 6 N–H and O–H groups in total. The highest BCUT2D eigenvalue weighted by molar-refractivity contribution is 6.01. The molecule has 0 radical (unpaired) electrons. The van der Waals surface area contributed by atoms with Crippen LogP contribution in [0.25, 0.3) is 0 Å². The van der Waals surface area contributed by atoms with Gasteiger partial charge >= 0.3 is 12.0 Å². The molecule has 0 aromatic heterocycles. The van der Waals surface area contributed by atoms with E-state index in [1.807, 2.05) is 39.0 Å². The fourth-order valence-electron chi connectivity index (χ4n) is 5.90. The summed E-state index contributed by atoms with van der Waals surface area (Å²) in [4.78, 5) is 91.6. The highest BCUT2D eigenvalue weighted by Gasteiger charge is 2.39. The van der Waals surface area contributed by atoms with Crippen molar-refractivity contribution in [2.24, 2.45) is 11.8 Å². The van der Waals surface area contributed by atoms with Crippen molar-refractivity contribution in [3.8, 4) is 0 Å². The van der Waals surface area contributed by atoms with E-state index in [4.69, 9.17) is 0 Å². The maximum atomic E-state index is 13.5. The second-order valence-corrected chi connectivity index (χ2v) is 13.7. The molecule has 2 aromatic carbocycles. The van der Waals surface area contributed by atoms with Crippen LogP contribution in [0.3, 0.4) is 0 Å². The lowest BCUT2D eigenvalue weighted by Crippen LogP contribution is -2.59. The topological polar surface area (TPSA) is 203 Å². The normalized spacial score (nSPS) is 15.6. The Morgan fingerprint density at radius 1 is 0.885 bits per heavy atom. The lowest BCUT2D eigenvalue weighted by molar-refractivity contribution is -0.143. The van der Waals surface area contributed by atoms with Crippen LogP contribution in [0.5, 0.6) is 0 Å². The molecule has 14 heteroatoms. The van der Waals surface area contributed by atoms with Crippen molar-refractivity contribution >= 4 is 52.8 Å². The molecular weight excluding hydrogens is 668 g/mol. The molecule has 3 rings (SSSR count). The molecule has 0 aliphatic carbocycles. The van der Waals surface area contributed by atoms with E-state index in [0.29, 0.717) is 36.3 Å². The van der Waals surface area contributed by atoms with Crippen LogP contribution >= 0.6 is 0 Å². The molecule has 52 heavy (non-hydrogen) atoms. The number of ketones is 1. The third-order valence-electron chi connectivity index (χ3n) is 8.64. The van der Waals surface area contributed by atoms with Gasteiger partial charge < -0.3 is 36.6 Å². The Hall–Kier alpha value is -5.53. The highest BCUT2D eigenvalue weighted by atomic mass is 16.4. The molecule has 6 amide bonds. The van der Waals surface area contributed by atoms with E-state index in [1.54, 1.807) is 44.2 Å². The zero-order valence-electron chi connectivity index (χ0n) is 30.4. The minimum Gasteiger partial charge on any atom is -0.481 e. The summed E-state index contributed by atoms with van der Waals surface area (Å²) in [6, 6.07) is 9.11. The second-order valence-electron chi connectivity index (χ2n) is 13.7. The predicted molar refractivity (Wildman–Crippen MR) is 196 cm³/mol. The average Bonchev–Trinajstić information content (AvgIpc) is 3.57. The van der Waals surface area contributed by atoms with Gasteiger partial charge in [-0.2, -0.15) is 0 Å². The van der Waals surface area contributed by atoms with Crippen LogP contribution < -0.4 is 26.6 Å². The number of carbonyl (C=O) groups is 7. The van der Waals surface area contributed by atoms with Crippen molar-refractivity contribution in [2.75, 3.05) is 17.2 Å². The molecule has 0 spiro atoms. The summed E-state index contributed by atoms with van der Waals surface area (Å²) in [5.74, 6) is -4.77. The summed E-state index contributed by atoms with van der Waals surface area (Å²) in [6.07, 6.45) is 1.55. The SMILES string of the molecule is C=CC(=O)[C@@H]1CCCN1C(=O)[C@@H](NC(=O)[C@H](CC(=O)O)NC(=O)[C@H](CC(C)C)NC(=O)Cc1ccc(NC(=O)Nc2ccccc2C)cc1)C(C)C. The Bertz CT molecular complexity index is 1640. The summed E-state index contributed by atoms with van der Waals surface area (Å²) in [7, 11) is 0. The molecular formula is C38H50N6O8. The molecule has 1 heterocycles. The van der Waals surface area contributed by atoms with Crippen LogP contribution in [-0.2, 0) is 35.2 Å². The van der Waals surface area contributed by atoms with Gasteiger partial charge in [0.15, 0.2) is 5.78 Å². The zero-order valence-corrected chi connectivity index (χ0v) is 30.4. The second kappa shape index (κ2) is 19.2. The molecule has 2 aromatic rings. The van der Waals surface area contributed by atoms with Gasteiger partial charge in [-0.15, -0.1) is 0 Å². The van der Waals surface area contributed by atoms with Gasteiger partial charge in [-0.3, -0.25) is 28.8 Å². The number of hydrogen-bond donors (Lipinski definition) is 6. The van der Waals surface area contributed by atoms with E-state index in [-0.39, 0.29) is 24.5 Å². The summed E-state index contributed by atoms with van der Waals surface area (Å²) in [6.45, 7) is 12.8. The van der Waals surface area contributed by atoms with E-state index < -0.39 is 72.1 Å². The Balaban J connectivity index is 1.65. The van der Waals surface area contributed by atoms with Gasteiger partial charge in [-0.1, -0.05) is 64.6 Å². The van der Waals surface area contributed by atoms with E-state index in [9.17, 15) is 38.7 Å². The number of carboxylic acids is 1. The maximum absolute atomic E-state index is 13.5. The first-order valence-corrected chi connectivity index (χ1v) is 17.4. The molecule has 1 saturated heterocycles. The molecule has 1 aliphatic rings. The molecule has 0 bridgehead atoms. The summed E-state index contributed by atoms with van der Waals surface area (Å²) >= 11 is 0. The van der Waals surface area contributed by atoms with E-state index in [0.717, 1.165) is 11.6 Å². The number of anilines is 2. The number of nitrogens with one attached hydrogen (secondary N) is 5. The monoisotopic (exact) mass is 718 g/mol. The fraction of sp³-hybridized carbons (Fsp3) is 0.447. The minimum absolute atomic E-state index is 0.0615. The van der Waals surface area contributed by atoms with E-state index >= 15 is 0 Å². The number of likely N-dealkylation sites (tertiary alicyclic amines) is 1. The van der Waals surface area contributed by atoms with Crippen molar-refractivity contribution in [1.29, 1.82) is 0 Å². The average molecular weight is 719 g/mol. The third kappa shape index (κ3) is 12.1. The minimum atomic E-state index is -1.56. The quantitative estimate of drug-likeness (QED) is 0.133. The first kappa shape index (κ1) is 40.9. The zero-order chi connectivity index (χ0) is 38.5. The largest absolute Gasteiger partial charge is 0.481 e. The standard InChI is InChI=1S/C38H50N6O8/c1-7-31(45)30-13-10-18-44(30)37(51)34(23(4)5)43-36(50)29(21-33(47)48)41-35(49)28(19-22(2)3)40-32(46)20-25-14-16-26(17-15-25)39-38(52)42-27-12-9-8-11-24(27)6/h7-9,11-12,14-17,22-23,28-30,34H,1,10,13,18-21H2,2-6H3,(H,40,46)(H,41,49)(H,43,50)(H,47,48)(H2,39,42,52)/t28-,29-,30-,34-/m0/s1. The van der Waals surface area contributed by atoms with Crippen molar-refractivity contribution in [3.05, 3.63) is 72.3 Å². The smallest absolute Gasteiger partial charge is 0.323 e. The van der Waals surface area contributed by atoms with Gasteiger partial charge in [0.25, 0.3) is 0 Å². The number of aliphatic carboxylic acids is 1. The van der Waals surface area contributed by atoms with E-state index in [2.05, 4.69) is 33.2 Å². The highest BCUT2D eigenvalue weighted by Crippen LogP contribution is 2.22. The molecule has 280 valence electrons. The number of carboxylic acid groups (broad SMARTS) is 1. The summed E-state index contributed by atoms with van der Waals surface area (Å²) in [5.41, 5.74) is 2.69. The van der Waals surface area contributed by atoms with Crippen LogP contribution in [0.4, 0.5) is 16.2 Å². The van der Waals surface area contributed by atoms with Crippen LogP contribution in [-0.4, -0.2) is 82.1 Å². The molecule has 1 fully saturated rings. The van der Waals surface area contributed by atoms with Crippen LogP contribution in [0.15, 0.2) is 61.2 Å². The predicted octanol–water partition coefficient (Wildman–Crippen LogP) is 3.56. The summed E-state index contributed by atoms with van der Waals surface area (Å²) < 4.78 is 0. The van der Waals surface area contributed by atoms with Crippen molar-refractivity contribution in [1.82, 2.24) is 20.9 Å². The Kier molecular flexibility index (Phi) is 15.1.